The highest BCUT2D eigenvalue weighted by molar-refractivity contribution is 6.30. The van der Waals surface area contributed by atoms with Crippen molar-refractivity contribution in [1.82, 2.24) is 15.0 Å². The van der Waals surface area contributed by atoms with Gasteiger partial charge in [0.1, 0.15) is 0 Å². The second kappa shape index (κ2) is 10.1. The minimum absolute atomic E-state index is 0.262. The minimum atomic E-state index is 0.262. The Hall–Kier alpha value is -3.26. The molecule has 2 aromatic carbocycles. The van der Waals surface area contributed by atoms with E-state index in [1.54, 1.807) is 0 Å². The van der Waals surface area contributed by atoms with Crippen molar-refractivity contribution in [3.8, 4) is 11.5 Å². The first-order valence-electron chi connectivity index (χ1n) is 11.3. The number of nitrogens with one attached hydrogen (secondary N) is 3. The number of hydrogen-bond donors (Lipinski definition) is 3. The third-order valence-electron chi connectivity index (χ3n) is 5.83. The monoisotopic (exact) mass is 466 g/mol. The van der Waals surface area contributed by atoms with Crippen LogP contribution in [0.2, 0.25) is 5.02 Å². The molecule has 0 bridgehead atoms. The fraction of sp³-hybridized carbons (Fsp3) is 0.375. The molecule has 1 aromatic heterocycles. The van der Waals surface area contributed by atoms with Gasteiger partial charge in [-0.15, -0.1) is 0 Å². The second-order valence-electron chi connectivity index (χ2n) is 8.31. The van der Waals surface area contributed by atoms with Gasteiger partial charge >= 0.3 is 0 Å². The molecule has 9 heteroatoms. The minimum Gasteiger partial charge on any atom is -0.454 e. The van der Waals surface area contributed by atoms with E-state index >= 15 is 0 Å². The first kappa shape index (κ1) is 21.6. The van der Waals surface area contributed by atoms with Crippen molar-refractivity contribution < 1.29 is 9.47 Å². The van der Waals surface area contributed by atoms with E-state index in [0.29, 0.717) is 42.0 Å². The first-order chi connectivity index (χ1) is 16.2. The molecular weight excluding hydrogens is 440 g/mol. The molecule has 1 aliphatic carbocycles. The summed E-state index contributed by atoms with van der Waals surface area (Å²) >= 11 is 5.99. The van der Waals surface area contributed by atoms with Gasteiger partial charge in [-0.3, -0.25) is 0 Å². The molecule has 1 fully saturated rings. The van der Waals surface area contributed by atoms with Gasteiger partial charge in [0.05, 0.1) is 0 Å². The number of rotatable bonds is 8. The van der Waals surface area contributed by atoms with Crippen molar-refractivity contribution in [2.24, 2.45) is 0 Å². The van der Waals surface area contributed by atoms with Crippen LogP contribution in [0, 0.1) is 0 Å². The molecule has 0 unspecified atom stereocenters. The van der Waals surface area contributed by atoms with Crippen LogP contribution in [-0.2, 0) is 13.1 Å². The molecule has 8 nitrogen and oxygen atoms in total. The van der Waals surface area contributed by atoms with Crippen LogP contribution in [0.1, 0.15) is 43.2 Å². The van der Waals surface area contributed by atoms with E-state index < -0.39 is 0 Å². The Balaban J connectivity index is 1.30. The van der Waals surface area contributed by atoms with Gasteiger partial charge in [-0.2, -0.15) is 15.0 Å². The van der Waals surface area contributed by atoms with Gasteiger partial charge in [-0.05, 0) is 48.2 Å². The lowest BCUT2D eigenvalue weighted by Gasteiger charge is -2.23. The van der Waals surface area contributed by atoms with E-state index in [4.69, 9.17) is 21.1 Å². The molecule has 3 aromatic rings. The molecule has 3 N–H and O–H groups in total. The number of benzene rings is 2. The molecule has 172 valence electrons. The third-order valence-corrected chi connectivity index (χ3v) is 6.08. The fourth-order valence-electron chi connectivity index (χ4n) is 4.04. The molecule has 0 amide bonds. The zero-order valence-corrected chi connectivity index (χ0v) is 19.1. The van der Waals surface area contributed by atoms with Gasteiger partial charge in [0.2, 0.25) is 24.6 Å². The molecule has 5 rings (SSSR count). The van der Waals surface area contributed by atoms with Crippen LogP contribution in [0.5, 0.6) is 11.5 Å². The first-order valence-corrected chi connectivity index (χ1v) is 11.7. The van der Waals surface area contributed by atoms with Gasteiger partial charge in [-0.1, -0.05) is 49.1 Å². The van der Waals surface area contributed by atoms with Crippen molar-refractivity contribution in [3.05, 3.63) is 58.6 Å². The summed E-state index contributed by atoms with van der Waals surface area (Å²) < 4.78 is 10.9. The summed E-state index contributed by atoms with van der Waals surface area (Å²) in [7, 11) is 0. The van der Waals surface area contributed by atoms with E-state index in [1.807, 2.05) is 42.5 Å². The predicted octanol–water partition coefficient (Wildman–Crippen LogP) is 5.22. The summed E-state index contributed by atoms with van der Waals surface area (Å²) in [6, 6.07) is 14.0. The van der Waals surface area contributed by atoms with Gasteiger partial charge in [0, 0.05) is 24.2 Å². The number of anilines is 3. The Morgan fingerprint density at radius 3 is 2.15 bits per heavy atom. The Labute approximate surface area is 198 Å². The van der Waals surface area contributed by atoms with E-state index in [9.17, 15) is 0 Å². The molecule has 2 aliphatic rings. The number of aromatic nitrogens is 3. The van der Waals surface area contributed by atoms with Crippen LogP contribution in [0.25, 0.3) is 0 Å². The number of nitrogens with zero attached hydrogens (tertiary/aromatic N) is 3. The van der Waals surface area contributed by atoms with Gasteiger partial charge in [0.15, 0.2) is 11.5 Å². The fourth-order valence-corrected chi connectivity index (χ4v) is 4.17. The lowest BCUT2D eigenvalue weighted by molar-refractivity contribution is 0.174. The van der Waals surface area contributed by atoms with Crippen LogP contribution < -0.4 is 25.4 Å². The zero-order chi connectivity index (χ0) is 22.5. The summed E-state index contributed by atoms with van der Waals surface area (Å²) in [6.07, 6.45) is 6.04. The molecular formula is C24H27ClN6O2. The quantitative estimate of drug-likeness (QED) is 0.416. The van der Waals surface area contributed by atoms with E-state index in [2.05, 4.69) is 30.9 Å². The van der Waals surface area contributed by atoms with Crippen LogP contribution in [0.15, 0.2) is 42.5 Å². The second-order valence-corrected chi connectivity index (χ2v) is 8.74. The van der Waals surface area contributed by atoms with Crippen molar-refractivity contribution in [2.45, 2.75) is 51.2 Å². The standard InChI is InChI=1S/C24H27ClN6O2/c25-18-9-6-16(7-10-18)13-26-22-29-23(31-24(30-22)28-19-4-2-1-3-5-19)27-14-17-8-11-20-21(12-17)33-15-32-20/h6-12,19H,1-5,13-15H2,(H3,26,27,28,29,30,31). The molecule has 0 radical (unpaired) electrons. The SMILES string of the molecule is Clc1ccc(CNc2nc(NCc3ccc4c(c3)OCO4)nc(NC3CCCCC3)n2)cc1. The summed E-state index contributed by atoms with van der Waals surface area (Å²) in [5, 5.41) is 10.8. The largest absolute Gasteiger partial charge is 0.454 e. The molecule has 0 spiro atoms. The average Bonchev–Trinajstić information content (AvgIpc) is 3.31. The maximum atomic E-state index is 5.99. The average molecular weight is 467 g/mol. The lowest BCUT2D eigenvalue weighted by Crippen LogP contribution is -2.24. The van der Waals surface area contributed by atoms with Gasteiger partial charge in [0.25, 0.3) is 0 Å². The van der Waals surface area contributed by atoms with Crippen LogP contribution in [-0.4, -0.2) is 27.8 Å². The van der Waals surface area contributed by atoms with Crippen LogP contribution >= 0.6 is 11.6 Å². The highest BCUT2D eigenvalue weighted by Gasteiger charge is 2.16. The summed E-state index contributed by atoms with van der Waals surface area (Å²) in [6.45, 7) is 1.41. The van der Waals surface area contributed by atoms with Crippen molar-refractivity contribution in [1.29, 1.82) is 0 Å². The molecule has 0 saturated heterocycles. The maximum Gasteiger partial charge on any atom is 0.231 e. The van der Waals surface area contributed by atoms with Gasteiger partial charge < -0.3 is 25.4 Å². The lowest BCUT2D eigenvalue weighted by atomic mass is 9.96. The maximum absolute atomic E-state index is 5.99. The number of halogens is 1. The summed E-state index contributed by atoms with van der Waals surface area (Å²) in [4.78, 5) is 13.8. The molecule has 33 heavy (non-hydrogen) atoms. The Morgan fingerprint density at radius 2 is 1.39 bits per heavy atom. The molecule has 1 aliphatic heterocycles. The van der Waals surface area contributed by atoms with Crippen molar-refractivity contribution in [3.63, 3.8) is 0 Å². The zero-order valence-electron chi connectivity index (χ0n) is 18.3. The Morgan fingerprint density at radius 1 is 0.758 bits per heavy atom. The number of ether oxygens (including phenoxy) is 2. The highest BCUT2D eigenvalue weighted by Crippen LogP contribution is 2.32. The van der Waals surface area contributed by atoms with E-state index in [-0.39, 0.29) is 6.79 Å². The highest BCUT2D eigenvalue weighted by atomic mass is 35.5. The Kier molecular flexibility index (Phi) is 6.62. The third kappa shape index (κ3) is 5.76. The van der Waals surface area contributed by atoms with Crippen LogP contribution in [0.3, 0.4) is 0 Å². The molecule has 1 saturated carbocycles. The van der Waals surface area contributed by atoms with Gasteiger partial charge in [-0.25, -0.2) is 0 Å². The number of hydrogen-bond acceptors (Lipinski definition) is 8. The molecule has 2 heterocycles. The molecule has 0 atom stereocenters. The van der Waals surface area contributed by atoms with Crippen molar-refractivity contribution >= 4 is 29.4 Å². The Bertz CT molecular complexity index is 1090. The van der Waals surface area contributed by atoms with E-state index in [0.717, 1.165) is 35.5 Å². The summed E-state index contributed by atoms with van der Waals surface area (Å²) in [5.41, 5.74) is 2.15. The van der Waals surface area contributed by atoms with Crippen molar-refractivity contribution in [2.75, 3.05) is 22.7 Å². The normalized spacial score (nSPS) is 15.3. The topological polar surface area (TPSA) is 93.2 Å². The van der Waals surface area contributed by atoms with E-state index in [1.165, 1.54) is 19.3 Å². The summed E-state index contributed by atoms with van der Waals surface area (Å²) in [5.74, 6) is 3.15. The van der Waals surface area contributed by atoms with Crippen LogP contribution in [0.4, 0.5) is 17.8 Å². The predicted molar refractivity (Wildman–Crippen MR) is 129 cm³/mol. The number of fused-ring (bicyclic) bond motifs is 1. The smallest absolute Gasteiger partial charge is 0.231 e.